The third-order valence-corrected chi connectivity index (χ3v) is 3.11. The third kappa shape index (κ3) is 0.319. The molecule has 1 unspecified atom stereocenters. The average Bonchev–Trinajstić information content (AvgIpc) is 2.64. The smallest absolute Gasteiger partial charge is 0.309 e. The minimum Gasteiger partial charge on any atom is -0.465 e. The van der Waals surface area contributed by atoms with Gasteiger partial charge in [0, 0.05) is 5.92 Å². The van der Waals surface area contributed by atoms with Crippen LogP contribution < -0.4 is 0 Å². The number of rotatable bonds is 0. The summed E-state index contributed by atoms with van der Waals surface area (Å²) in [5.41, 5.74) is 0.509. The van der Waals surface area contributed by atoms with Crippen molar-refractivity contribution in [3.8, 4) is 0 Å². The van der Waals surface area contributed by atoms with Crippen molar-refractivity contribution in [2.24, 2.45) is 17.3 Å². The van der Waals surface area contributed by atoms with E-state index in [4.69, 9.17) is 4.74 Å². The SMILES string of the molecule is O=C1OC[C@H]2CC23C[C@H]13. The normalized spacial score (nSPS) is 59.3. The lowest BCUT2D eigenvalue weighted by Crippen LogP contribution is -2.16. The van der Waals surface area contributed by atoms with E-state index in [2.05, 4.69) is 0 Å². The van der Waals surface area contributed by atoms with Crippen LogP contribution in [-0.2, 0) is 9.53 Å². The molecule has 3 fully saturated rings. The molecule has 3 aliphatic rings. The number of esters is 1. The van der Waals surface area contributed by atoms with Gasteiger partial charge < -0.3 is 4.74 Å². The summed E-state index contributed by atoms with van der Waals surface area (Å²) in [6, 6.07) is 0. The molecule has 3 rings (SSSR count). The van der Waals surface area contributed by atoms with E-state index in [0.29, 0.717) is 11.3 Å². The Kier molecular flexibility index (Phi) is 0.439. The number of cyclic esters (lactones) is 1. The van der Waals surface area contributed by atoms with E-state index in [0.717, 1.165) is 18.9 Å². The van der Waals surface area contributed by atoms with Crippen LogP contribution in [0.25, 0.3) is 0 Å². The van der Waals surface area contributed by atoms with Gasteiger partial charge in [0.2, 0.25) is 0 Å². The van der Waals surface area contributed by atoms with Gasteiger partial charge in [0.1, 0.15) is 0 Å². The first-order valence-electron chi connectivity index (χ1n) is 3.49. The highest BCUT2D eigenvalue weighted by Gasteiger charge is 2.75. The maximum absolute atomic E-state index is 10.8. The minimum absolute atomic E-state index is 0.0729. The summed E-state index contributed by atoms with van der Waals surface area (Å²) in [5, 5.41) is 0. The highest BCUT2D eigenvalue weighted by molar-refractivity contribution is 5.79. The molecule has 0 aromatic carbocycles. The average molecular weight is 124 g/mol. The van der Waals surface area contributed by atoms with E-state index in [-0.39, 0.29) is 5.97 Å². The molecule has 2 saturated carbocycles. The van der Waals surface area contributed by atoms with Crippen molar-refractivity contribution < 1.29 is 9.53 Å². The first-order chi connectivity index (χ1) is 4.33. The standard InChI is InChI=1S/C7H8O2/c8-6-5-2-7(5)1-4(7)3-9-6/h4-5H,1-3H2/t4-,5-,7?/m1/s1. The zero-order valence-electron chi connectivity index (χ0n) is 5.09. The van der Waals surface area contributed by atoms with Crippen LogP contribution in [0.1, 0.15) is 12.8 Å². The molecular weight excluding hydrogens is 116 g/mol. The van der Waals surface area contributed by atoms with Crippen LogP contribution in [-0.4, -0.2) is 12.6 Å². The van der Waals surface area contributed by atoms with Gasteiger partial charge in [-0.3, -0.25) is 4.79 Å². The van der Waals surface area contributed by atoms with E-state index in [1.807, 2.05) is 0 Å². The monoisotopic (exact) mass is 124 g/mol. The van der Waals surface area contributed by atoms with Crippen molar-refractivity contribution in [3.05, 3.63) is 0 Å². The Hall–Kier alpha value is -0.530. The molecule has 3 atom stereocenters. The van der Waals surface area contributed by atoms with E-state index in [1.165, 1.54) is 6.42 Å². The van der Waals surface area contributed by atoms with E-state index in [1.54, 1.807) is 0 Å². The molecule has 0 bridgehead atoms. The third-order valence-electron chi connectivity index (χ3n) is 3.11. The summed E-state index contributed by atoms with van der Waals surface area (Å²) < 4.78 is 4.94. The fourth-order valence-electron chi connectivity index (χ4n) is 2.22. The largest absolute Gasteiger partial charge is 0.465 e. The molecule has 2 heteroatoms. The van der Waals surface area contributed by atoms with Gasteiger partial charge in [-0.15, -0.1) is 0 Å². The molecule has 2 nitrogen and oxygen atoms in total. The number of ether oxygens (including phenoxy) is 1. The lowest BCUT2D eigenvalue weighted by molar-refractivity contribution is -0.148. The molecule has 1 heterocycles. The van der Waals surface area contributed by atoms with E-state index in [9.17, 15) is 4.79 Å². The summed E-state index contributed by atoms with van der Waals surface area (Å²) in [6.45, 7) is 0.718. The Balaban J connectivity index is 1.99. The minimum atomic E-state index is 0.0729. The van der Waals surface area contributed by atoms with Crippen LogP contribution >= 0.6 is 0 Å². The second-order valence-corrected chi connectivity index (χ2v) is 3.52. The fraction of sp³-hybridized carbons (Fsp3) is 0.857. The van der Waals surface area contributed by atoms with Gasteiger partial charge in [-0.2, -0.15) is 0 Å². The Labute approximate surface area is 53.2 Å². The first kappa shape index (κ1) is 4.31. The van der Waals surface area contributed by atoms with Crippen LogP contribution in [0.3, 0.4) is 0 Å². The number of carbonyl (C=O) groups excluding carboxylic acids is 1. The van der Waals surface area contributed by atoms with E-state index < -0.39 is 0 Å². The van der Waals surface area contributed by atoms with Crippen LogP contribution in [0, 0.1) is 17.3 Å². The highest BCUT2D eigenvalue weighted by Crippen LogP contribution is 2.76. The maximum Gasteiger partial charge on any atom is 0.309 e. The first-order valence-corrected chi connectivity index (χ1v) is 3.49. The van der Waals surface area contributed by atoms with Crippen molar-refractivity contribution in [3.63, 3.8) is 0 Å². The van der Waals surface area contributed by atoms with Gasteiger partial charge in [-0.1, -0.05) is 0 Å². The van der Waals surface area contributed by atoms with Gasteiger partial charge in [-0.25, -0.2) is 0 Å². The van der Waals surface area contributed by atoms with Crippen LogP contribution in [0.2, 0.25) is 0 Å². The number of hydrogen-bond donors (Lipinski definition) is 0. The molecule has 0 amide bonds. The van der Waals surface area contributed by atoms with Crippen molar-refractivity contribution in [1.82, 2.24) is 0 Å². The Morgan fingerprint density at radius 3 is 3.22 bits per heavy atom. The quantitative estimate of drug-likeness (QED) is 0.441. The summed E-state index contributed by atoms with van der Waals surface area (Å²) in [4.78, 5) is 10.8. The highest BCUT2D eigenvalue weighted by atomic mass is 16.5. The molecule has 0 radical (unpaired) electrons. The summed E-state index contributed by atoms with van der Waals surface area (Å²) >= 11 is 0. The number of carbonyl (C=O) groups is 1. The Morgan fingerprint density at radius 1 is 1.56 bits per heavy atom. The second kappa shape index (κ2) is 0.917. The van der Waals surface area contributed by atoms with Crippen molar-refractivity contribution >= 4 is 5.97 Å². The Morgan fingerprint density at radius 2 is 2.44 bits per heavy atom. The van der Waals surface area contributed by atoms with E-state index >= 15 is 0 Å². The molecule has 1 spiro atoms. The second-order valence-electron chi connectivity index (χ2n) is 3.52. The maximum atomic E-state index is 10.8. The summed E-state index contributed by atoms with van der Waals surface area (Å²) in [7, 11) is 0. The lowest BCUT2D eigenvalue weighted by atomic mass is 10.2. The molecule has 1 saturated heterocycles. The topological polar surface area (TPSA) is 26.3 Å². The van der Waals surface area contributed by atoms with Gasteiger partial charge in [0.25, 0.3) is 0 Å². The van der Waals surface area contributed by atoms with Crippen LogP contribution in [0.15, 0.2) is 0 Å². The van der Waals surface area contributed by atoms with Crippen LogP contribution in [0.4, 0.5) is 0 Å². The van der Waals surface area contributed by atoms with Gasteiger partial charge in [0.05, 0.1) is 12.5 Å². The zero-order chi connectivity index (χ0) is 6.06. The predicted molar refractivity (Wildman–Crippen MR) is 29.6 cm³/mol. The molecule has 1 aliphatic heterocycles. The molecule has 2 aliphatic carbocycles. The summed E-state index contributed by atoms with van der Waals surface area (Å²) in [6.07, 6.45) is 2.40. The van der Waals surface area contributed by atoms with Crippen molar-refractivity contribution in [1.29, 1.82) is 0 Å². The van der Waals surface area contributed by atoms with Crippen LogP contribution in [0.5, 0.6) is 0 Å². The molecule has 0 aromatic heterocycles. The van der Waals surface area contributed by atoms with Crippen molar-refractivity contribution in [2.75, 3.05) is 6.61 Å². The molecule has 9 heavy (non-hydrogen) atoms. The molecule has 0 N–H and O–H groups in total. The van der Waals surface area contributed by atoms with Gasteiger partial charge in [-0.05, 0) is 18.3 Å². The molecule has 48 valence electrons. The number of hydrogen-bond acceptors (Lipinski definition) is 2. The van der Waals surface area contributed by atoms with Crippen molar-refractivity contribution in [2.45, 2.75) is 12.8 Å². The Bertz CT molecular complexity index is 199. The summed E-state index contributed by atoms with van der Waals surface area (Å²) in [5.74, 6) is 1.17. The fourth-order valence-corrected chi connectivity index (χ4v) is 2.22. The van der Waals surface area contributed by atoms with Gasteiger partial charge in [0.15, 0.2) is 0 Å². The molecular formula is C7H8O2. The lowest BCUT2D eigenvalue weighted by Gasteiger charge is -2.07. The molecule has 0 aromatic rings. The van der Waals surface area contributed by atoms with Gasteiger partial charge >= 0.3 is 5.97 Å². The zero-order valence-corrected chi connectivity index (χ0v) is 5.09. The predicted octanol–water partition coefficient (Wildman–Crippen LogP) is 0.569.